The molecule has 8 heteroatoms. The maximum absolute atomic E-state index is 12.7. The van der Waals surface area contributed by atoms with Crippen LogP contribution < -0.4 is 10.1 Å². The third-order valence-corrected chi connectivity index (χ3v) is 6.08. The Morgan fingerprint density at radius 2 is 1.78 bits per heavy atom. The Hall–Kier alpha value is -2.89. The summed E-state index contributed by atoms with van der Waals surface area (Å²) < 4.78 is 32.0. The van der Waals surface area contributed by atoms with E-state index in [2.05, 4.69) is 5.32 Å². The van der Waals surface area contributed by atoms with Crippen LogP contribution in [-0.4, -0.2) is 38.8 Å². The number of rotatable bonds is 7. The SMILES string of the molecule is CCN(CC)S(=O)(=O)c1ccc(OC)c(C(=O)Nc2ccc(C#N)cc2)c1. The molecule has 0 saturated heterocycles. The summed E-state index contributed by atoms with van der Waals surface area (Å²) >= 11 is 0. The van der Waals surface area contributed by atoms with E-state index in [1.54, 1.807) is 38.1 Å². The molecule has 0 radical (unpaired) electrons. The monoisotopic (exact) mass is 387 g/mol. The third-order valence-electron chi connectivity index (χ3n) is 4.03. The summed E-state index contributed by atoms with van der Waals surface area (Å²) in [4.78, 5) is 12.7. The average Bonchev–Trinajstić information content (AvgIpc) is 2.68. The molecule has 0 heterocycles. The van der Waals surface area contributed by atoms with E-state index in [1.165, 1.54) is 29.6 Å². The van der Waals surface area contributed by atoms with Gasteiger partial charge in [0.25, 0.3) is 5.91 Å². The number of methoxy groups -OCH3 is 1. The third kappa shape index (κ3) is 4.45. The standard InChI is InChI=1S/C19H21N3O4S/c1-4-22(5-2)27(24,25)16-10-11-18(26-3)17(12-16)19(23)21-15-8-6-14(13-20)7-9-15/h6-12H,4-5H2,1-3H3,(H,21,23). The minimum Gasteiger partial charge on any atom is -0.496 e. The highest BCUT2D eigenvalue weighted by Crippen LogP contribution is 2.25. The first-order valence-electron chi connectivity index (χ1n) is 8.37. The Bertz CT molecular complexity index is 959. The number of nitriles is 1. The second kappa shape index (κ2) is 8.66. The number of benzene rings is 2. The molecule has 0 aromatic heterocycles. The molecule has 1 N–H and O–H groups in total. The predicted octanol–water partition coefficient (Wildman–Crippen LogP) is 2.85. The van der Waals surface area contributed by atoms with E-state index >= 15 is 0 Å². The van der Waals surface area contributed by atoms with Crippen LogP contribution in [0.5, 0.6) is 5.75 Å². The van der Waals surface area contributed by atoms with E-state index in [0.717, 1.165) is 0 Å². The molecule has 0 spiro atoms. The summed E-state index contributed by atoms with van der Waals surface area (Å²) in [5, 5.41) is 11.5. The van der Waals surface area contributed by atoms with Gasteiger partial charge < -0.3 is 10.1 Å². The van der Waals surface area contributed by atoms with Crippen LogP contribution in [0.1, 0.15) is 29.8 Å². The fourth-order valence-corrected chi connectivity index (χ4v) is 4.05. The lowest BCUT2D eigenvalue weighted by Crippen LogP contribution is -2.30. The van der Waals surface area contributed by atoms with E-state index in [4.69, 9.17) is 10.00 Å². The molecule has 0 fully saturated rings. The van der Waals surface area contributed by atoms with Gasteiger partial charge in [-0.1, -0.05) is 13.8 Å². The Balaban J connectivity index is 2.39. The number of hydrogen-bond donors (Lipinski definition) is 1. The molecule has 2 aromatic carbocycles. The van der Waals surface area contributed by atoms with Gasteiger partial charge in [-0.3, -0.25) is 4.79 Å². The number of amides is 1. The summed E-state index contributed by atoms with van der Waals surface area (Å²) in [5.74, 6) is -0.243. The van der Waals surface area contributed by atoms with Crippen molar-refractivity contribution in [3.8, 4) is 11.8 Å². The molecular weight excluding hydrogens is 366 g/mol. The quantitative estimate of drug-likeness (QED) is 0.787. The molecule has 0 aliphatic rings. The van der Waals surface area contributed by atoms with Gasteiger partial charge >= 0.3 is 0 Å². The molecule has 0 atom stereocenters. The summed E-state index contributed by atoms with van der Waals surface area (Å²) in [5.41, 5.74) is 1.06. The fraction of sp³-hybridized carbons (Fsp3) is 0.263. The topological polar surface area (TPSA) is 99.5 Å². The highest BCUT2D eigenvalue weighted by atomic mass is 32.2. The van der Waals surface area contributed by atoms with Crippen LogP contribution in [0.4, 0.5) is 5.69 Å². The minimum absolute atomic E-state index is 0.0250. The summed E-state index contributed by atoms with van der Waals surface area (Å²) in [6.07, 6.45) is 0. The molecule has 0 aliphatic carbocycles. The van der Waals surface area contributed by atoms with Crippen molar-refractivity contribution < 1.29 is 17.9 Å². The van der Waals surface area contributed by atoms with E-state index in [9.17, 15) is 13.2 Å². The largest absolute Gasteiger partial charge is 0.496 e. The molecule has 142 valence electrons. The minimum atomic E-state index is -3.70. The predicted molar refractivity (Wildman–Crippen MR) is 102 cm³/mol. The van der Waals surface area contributed by atoms with Crippen LogP contribution in [0.2, 0.25) is 0 Å². The number of carbonyl (C=O) groups excluding carboxylic acids is 1. The number of sulfonamides is 1. The molecular formula is C19H21N3O4S. The second-order valence-corrected chi connectivity index (χ2v) is 7.53. The van der Waals surface area contributed by atoms with Gasteiger partial charge in [0.1, 0.15) is 5.75 Å². The van der Waals surface area contributed by atoms with Crippen LogP contribution in [0.3, 0.4) is 0 Å². The molecule has 0 aliphatic heterocycles. The molecule has 0 bridgehead atoms. The zero-order valence-electron chi connectivity index (χ0n) is 15.4. The van der Waals surface area contributed by atoms with Crippen molar-refractivity contribution in [3.63, 3.8) is 0 Å². The average molecular weight is 387 g/mol. The number of carbonyl (C=O) groups is 1. The van der Waals surface area contributed by atoms with Gasteiger partial charge in [0.2, 0.25) is 10.0 Å². The maximum atomic E-state index is 12.7. The highest BCUT2D eigenvalue weighted by Gasteiger charge is 2.24. The first-order chi connectivity index (χ1) is 12.9. The van der Waals surface area contributed by atoms with E-state index in [-0.39, 0.29) is 16.2 Å². The van der Waals surface area contributed by atoms with Gasteiger partial charge in [0, 0.05) is 18.8 Å². The van der Waals surface area contributed by atoms with Crippen molar-refractivity contribution in [2.75, 3.05) is 25.5 Å². The van der Waals surface area contributed by atoms with Gasteiger partial charge in [0.05, 0.1) is 29.2 Å². The van der Waals surface area contributed by atoms with Crippen molar-refractivity contribution in [1.29, 1.82) is 5.26 Å². The Morgan fingerprint density at radius 3 is 2.30 bits per heavy atom. The molecule has 2 aromatic rings. The van der Waals surface area contributed by atoms with Gasteiger partial charge in [-0.25, -0.2) is 8.42 Å². The number of ether oxygens (including phenoxy) is 1. The lowest BCUT2D eigenvalue weighted by molar-refractivity contribution is 0.102. The molecule has 7 nitrogen and oxygen atoms in total. The van der Waals surface area contributed by atoms with Gasteiger partial charge in [-0.15, -0.1) is 0 Å². The van der Waals surface area contributed by atoms with E-state index in [1.807, 2.05) is 6.07 Å². The smallest absolute Gasteiger partial charge is 0.259 e. The summed E-state index contributed by atoms with van der Waals surface area (Å²) in [6.45, 7) is 4.17. The van der Waals surface area contributed by atoms with Crippen molar-refractivity contribution in [3.05, 3.63) is 53.6 Å². The van der Waals surface area contributed by atoms with Crippen molar-refractivity contribution >= 4 is 21.6 Å². The Labute approximate surface area is 159 Å². The highest BCUT2D eigenvalue weighted by molar-refractivity contribution is 7.89. The molecule has 0 saturated carbocycles. The van der Waals surface area contributed by atoms with Gasteiger partial charge in [-0.05, 0) is 42.5 Å². The molecule has 27 heavy (non-hydrogen) atoms. The first-order valence-corrected chi connectivity index (χ1v) is 9.81. The number of hydrogen-bond acceptors (Lipinski definition) is 5. The maximum Gasteiger partial charge on any atom is 0.259 e. The zero-order chi connectivity index (χ0) is 20.0. The number of anilines is 1. The second-order valence-electron chi connectivity index (χ2n) is 5.59. The van der Waals surface area contributed by atoms with Crippen LogP contribution in [0.15, 0.2) is 47.4 Å². The van der Waals surface area contributed by atoms with Crippen molar-refractivity contribution in [2.24, 2.45) is 0 Å². The van der Waals surface area contributed by atoms with E-state index in [0.29, 0.717) is 24.3 Å². The lowest BCUT2D eigenvalue weighted by Gasteiger charge is -2.19. The molecule has 1 amide bonds. The first kappa shape index (κ1) is 20.4. The van der Waals surface area contributed by atoms with Crippen molar-refractivity contribution in [1.82, 2.24) is 4.31 Å². The van der Waals surface area contributed by atoms with Crippen LogP contribution in [-0.2, 0) is 10.0 Å². The fourth-order valence-electron chi connectivity index (χ4n) is 2.56. The summed E-state index contributed by atoms with van der Waals surface area (Å²) in [6, 6.07) is 12.5. The van der Waals surface area contributed by atoms with Gasteiger partial charge in [0.15, 0.2) is 0 Å². The Morgan fingerprint density at radius 1 is 1.15 bits per heavy atom. The van der Waals surface area contributed by atoms with Crippen LogP contribution >= 0.6 is 0 Å². The van der Waals surface area contributed by atoms with Crippen molar-refractivity contribution in [2.45, 2.75) is 18.7 Å². The number of nitrogens with one attached hydrogen (secondary N) is 1. The molecule has 0 unspecified atom stereocenters. The summed E-state index contributed by atoms with van der Waals surface area (Å²) in [7, 11) is -2.29. The van der Waals surface area contributed by atoms with Crippen LogP contribution in [0, 0.1) is 11.3 Å². The molecule has 2 rings (SSSR count). The zero-order valence-corrected chi connectivity index (χ0v) is 16.2. The Kier molecular flexibility index (Phi) is 6.55. The number of nitrogens with zero attached hydrogens (tertiary/aromatic N) is 2. The van der Waals surface area contributed by atoms with Crippen LogP contribution in [0.25, 0.3) is 0 Å². The lowest BCUT2D eigenvalue weighted by atomic mass is 10.1. The van der Waals surface area contributed by atoms with E-state index < -0.39 is 15.9 Å². The van der Waals surface area contributed by atoms with Gasteiger partial charge in [-0.2, -0.15) is 9.57 Å². The normalized spacial score (nSPS) is 11.1.